The molecule has 7 aromatic rings. The van der Waals surface area contributed by atoms with Gasteiger partial charge < -0.3 is 14.4 Å². The Balaban J connectivity index is 0.000000233. The second-order valence-electron chi connectivity index (χ2n) is 14.3. The van der Waals surface area contributed by atoms with Crippen LogP contribution in [0, 0.1) is 31.9 Å². The molecule has 0 spiro atoms. The molecule has 3 nitrogen and oxygen atoms in total. The molecule has 0 fully saturated rings. The van der Waals surface area contributed by atoms with Crippen molar-refractivity contribution in [3.8, 4) is 33.6 Å². The van der Waals surface area contributed by atoms with Gasteiger partial charge in [-0.3, -0.25) is 0 Å². The van der Waals surface area contributed by atoms with Crippen molar-refractivity contribution in [3.63, 3.8) is 0 Å². The third kappa shape index (κ3) is 8.19. The van der Waals surface area contributed by atoms with E-state index in [1.807, 2.05) is 42.7 Å². The van der Waals surface area contributed by atoms with E-state index in [-0.39, 0.29) is 20.1 Å². The Kier molecular flexibility index (Phi) is 11.2. The SMILES string of the molecule is C[Si](C)(C)c1ccc(-c2[c-]cccc2)nc1.Cc1cc(C)cc(-c2ccc3c(c2)oc2c(-c4cc(C(C)C(C)C)ccn4)[c-]ccc23)c1.[Ir]. The normalized spacial score (nSPS) is 12.0. The fourth-order valence-corrected chi connectivity index (χ4v) is 7.09. The molecule has 0 amide bonds. The number of hydrogen-bond acceptors (Lipinski definition) is 3. The third-order valence-electron chi connectivity index (χ3n) is 9.17. The molecule has 0 aliphatic heterocycles. The first-order valence-electron chi connectivity index (χ1n) is 16.8. The van der Waals surface area contributed by atoms with E-state index in [2.05, 4.69) is 143 Å². The van der Waals surface area contributed by atoms with Crippen molar-refractivity contribution in [3.05, 3.63) is 138 Å². The summed E-state index contributed by atoms with van der Waals surface area (Å²) in [6, 6.07) is 40.3. The quantitative estimate of drug-likeness (QED) is 0.124. The number of furan rings is 1. The summed E-state index contributed by atoms with van der Waals surface area (Å²) in [5.74, 6) is 1.03. The molecule has 7 rings (SSSR count). The van der Waals surface area contributed by atoms with E-state index >= 15 is 0 Å². The van der Waals surface area contributed by atoms with Crippen LogP contribution in [0.3, 0.4) is 0 Å². The van der Waals surface area contributed by atoms with Gasteiger partial charge in [0, 0.05) is 37.9 Å². The Hall–Kier alpha value is -4.15. The van der Waals surface area contributed by atoms with Crippen LogP contribution >= 0.6 is 0 Å². The maximum Gasteiger partial charge on any atom is 0.121 e. The minimum Gasteiger partial charge on any atom is -0.501 e. The van der Waals surface area contributed by atoms with Gasteiger partial charge in [0.1, 0.15) is 5.58 Å². The topological polar surface area (TPSA) is 38.9 Å². The molecule has 3 heterocycles. The number of pyridine rings is 2. The van der Waals surface area contributed by atoms with Gasteiger partial charge in [-0.15, -0.1) is 54.1 Å². The zero-order chi connectivity index (χ0) is 34.0. The molecule has 1 atom stereocenters. The maximum absolute atomic E-state index is 6.44. The maximum atomic E-state index is 6.44. The molecule has 0 saturated heterocycles. The van der Waals surface area contributed by atoms with Crippen molar-refractivity contribution in [1.29, 1.82) is 0 Å². The predicted octanol–water partition coefficient (Wildman–Crippen LogP) is 11.6. The zero-order valence-electron chi connectivity index (χ0n) is 29.7. The van der Waals surface area contributed by atoms with Crippen LogP contribution in [0.1, 0.15) is 43.4 Å². The van der Waals surface area contributed by atoms with Gasteiger partial charge in [-0.2, -0.15) is 0 Å². The average molecular weight is 837 g/mol. The van der Waals surface area contributed by atoms with E-state index < -0.39 is 8.07 Å². The van der Waals surface area contributed by atoms with Crippen LogP contribution in [0.15, 0.2) is 114 Å². The number of fused-ring (bicyclic) bond motifs is 3. The molecule has 0 N–H and O–H groups in total. The summed E-state index contributed by atoms with van der Waals surface area (Å²) >= 11 is 0. The number of aromatic nitrogens is 2. The fourth-order valence-electron chi connectivity index (χ4n) is 6.05. The molecule has 1 unspecified atom stereocenters. The van der Waals surface area contributed by atoms with Crippen LogP contribution in [-0.4, -0.2) is 18.0 Å². The first kappa shape index (κ1) is 36.1. The smallest absolute Gasteiger partial charge is 0.121 e. The summed E-state index contributed by atoms with van der Waals surface area (Å²) in [6.07, 6.45) is 3.92. The number of hydrogen-bond donors (Lipinski definition) is 0. The van der Waals surface area contributed by atoms with Crippen LogP contribution in [0.2, 0.25) is 19.6 Å². The molecule has 49 heavy (non-hydrogen) atoms. The van der Waals surface area contributed by atoms with Crippen molar-refractivity contribution < 1.29 is 24.5 Å². The second-order valence-corrected chi connectivity index (χ2v) is 19.3. The minimum absolute atomic E-state index is 0. The van der Waals surface area contributed by atoms with Crippen molar-refractivity contribution in [2.75, 3.05) is 0 Å². The Morgan fingerprint density at radius 3 is 2.12 bits per heavy atom. The van der Waals surface area contributed by atoms with Crippen molar-refractivity contribution in [2.45, 2.75) is 60.2 Å². The zero-order valence-corrected chi connectivity index (χ0v) is 33.1. The number of rotatable bonds is 6. The van der Waals surface area contributed by atoms with Gasteiger partial charge in [-0.25, -0.2) is 0 Å². The summed E-state index contributed by atoms with van der Waals surface area (Å²) in [5.41, 5.74) is 11.8. The van der Waals surface area contributed by atoms with Gasteiger partial charge in [-0.05, 0) is 65.5 Å². The van der Waals surface area contributed by atoms with Crippen LogP contribution in [0.5, 0.6) is 0 Å². The van der Waals surface area contributed by atoms with Crippen LogP contribution in [0.4, 0.5) is 0 Å². The van der Waals surface area contributed by atoms with Gasteiger partial charge in [0.05, 0.1) is 13.7 Å². The first-order chi connectivity index (χ1) is 23.0. The van der Waals surface area contributed by atoms with E-state index in [4.69, 9.17) is 4.42 Å². The molecule has 5 heteroatoms. The van der Waals surface area contributed by atoms with E-state index in [0.717, 1.165) is 44.5 Å². The van der Waals surface area contributed by atoms with Crippen LogP contribution in [-0.2, 0) is 20.1 Å². The van der Waals surface area contributed by atoms with E-state index in [1.165, 1.54) is 33.0 Å². The molecular weight excluding hydrogens is 793 g/mol. The molecule has 0 aliphatic carbocycles. The van der Waals surface area contributed by atoms with Gasteiger partial charge >= 0.3 is 0 Å². The standard InChI is InChI=1S/C30H28NO.C14H16NSi.Ir/c1-18(2)21(5)22-11-12-31-28(16-22)27-8-6-7-26-25-10-9-23(17-29(25)32-30(26)27)24-14-19(3)13-20(4)15-24;1-16(2,3)13-9-10-14(15-11-13)12-7-5-4-6-8-12;/h6-7,9-18,21H,1-5H3;4-7,9-11H,1-3H3;/q2*-1;. The molecule has 0 bridgehead atoms. The number of benzene rings is 4. The summed E-state index contributed by atoms with van der Waals surface area (Å²) in [7, 11) is -1.23. The third-order valence-corrected chi connectivity index (χ3v) is 11.2. The van der Waals surface area contributed by atoms with Crippen molar-refractivity contribution in [2.24, 2.45) is 5.92 Å². The Bertz CT molecular complexity index is 2160. The molecule has 251 valence electrons. The molecule has 0 aliphatic rings. The summed E-state index contributed by atoms with van der Waals surface area (Å²) in [4.78, 5) is 9.18. The van der Waals surface area contributed by atoms with Crippen LogP contribution in [0.25, 0.3) is 55.6 Å². The molecule has 1 radical (unpaired) electrons. The summed E-state index contributed by atoms with van der Waals surface area (Å²) in [5, 5.41) is 3.62. The number of nitrogens with zero attached hydrogens (tertiary/aromatic N) is 2. The molecule has 3 aromatic heterocycles. The minimum atomic E-state index is -1.23. The second kappa shape index (κ2) is 15.2. The van der Waals surface area contributed by atoms with Gasteiger partial charge in [0.15, 0.2) is 0 Å². The fraction of sp³-hybridized carbons (Fsp3) is 0.227. The Morgan fingerprint density at radius 1 is 0.694 bits per heavy atom. The summed E-state index contributed by atoms with van der Waals surface area (Å²) < 4.78 is 6.44. The van der Waals surface area contributed by atoms with Crippen LogP contribution < -0.4 is 5.19 Å². The monoisotopic (exact) mass is 837 g/mol. The molecule has 4 aromatic carbocycles. The van der Waals surface area contributed by atoms with Gasteiger partial charge in [-0.1, -0.05) is 117 Å². The number of aryl methyl sites for hydroxylation is 2. The molecular formula is C44H44IrN2OSi-2. The van der Waals surface area contributed by atoms with E-state index in [9.17, 15) is 0 Å². The van der Waals surface area contributed by atoms with Crippen molar-refractivity contribution >= 4 is 35.2 Å². The predicted molar refractivity (Wildman–Crippen MR) is 205 cm³/mol. The first-order valence-corrected chi connectivity index (χ1v) is 20.3. The average Bonchev–Trinajstić information content (AvgIpc) is 3.46. The van der Waals surface area contributed by atoms with E-state index in [0.29, 0.717) is 11.8 Å². The molecule has 0 saturated carbocycles. The van der Waals surface area contributed by atoms with Crippen molar-refractivity contribution in [1.82, 2.24) is 9.97 Å². The van der Waals surface area contributed by atoms with E-state index in [1.54, 1.807) is 0 Å². The summed E-state index contributed by atoms with van der Waals surface area (Å²) in [6.45, 7) is 18.0. The van der Waals surface area contributed by atoms with Gasteiger partial charge in [0.25, 0.3) is 0 Å². The Morgan fingerprint density at radius 2 is 1.47 bits per heavy atom. The van der Waals surface area contributed by atoms with Gasteiger partial charge in [0.2, 0.25) is 0 Å². The Labute approximate surface area is 306 Å². The largest absolute Gasteiger partial charge is 0.501 e.